The second-order valence-electron chi connectivity index (χ2n) is 4.49. The Morgan fingerprint density at radius 1 is 1.26 bits per heavy atom. The van der Waals surface area contributed by atoms with Gasteiger partial charge in [-0.15, -0.1) is 0 Å². The molecule has 100 valence electrons. The van der Waals surface area contributed by atoms with Crippen molar-refractivity contribution in [3.05, 3.63) is 53.0 Å². The van der Waals surface area contributed by atoms with E-state index in [2.05, 4.69) is 10.3 Å². The molecule has 0 amide bonds. The minimum atomic E-state index is -0.419. The molecule has 0 bridgehead atoms. The van der Waals surface area contributed by atoms with Gasteiger partial charge in [0.1, 0.15) is 5.75 Å². The fourth-order valence-electron chi connectivity index (χ4n) is 1.78. The maximum atomic E-state index is 14.1. The van der Waals surface area contributed by atoms with Crippen molar-refractivity contribution in [3.8, 4) is 11.6 Å². The third-order valence-corrected chi connectivity index (χ3v) is 2.85. The van der Waals surface area contributed by atoms with Gasteiger partial charge in [0.05, 0.1) is 0 Å². The molecule has 1 N–H and O–H groups in total. The predicted octanol–water partition coefficient (Wildman–Crippen LogP) is 3.35. The molecule has 0 saturated heterocycles. The molecular weight excluding hydrogens is 243 g/mol. The van der Waals surface area contributed by atoms with Crippen molar-refractivity contribution in [2.75, 3.05) is 7.05 Å². The Bertz CT molecular complexity index is 584. The summed E-state index contributed by atoms with van der Waals surface area (Å²) < 4.78 is 19.7. The van der Waals surface area contributed by atoms with Crippen molar-refractivity contribution in [2.45, 2.75) is 20.4 Å². The van der Waals surface area contributed by atoms with E-state index in [-0.39, 0.29) is 5.88 Å². The molecule has 1 aromatic carbocycles. The number of benzene rings is 1. The van der Waals surface area contributed by atoms with E-state index in [1.54, 1.807) is 19.3 Å². The number of ether oxygens (including phenoxy) is 1. The van der Waals surface area contributed by atoms with E-state index < -0.39 is 5.82 Å². The first-order valence-electron chi connectivity index (χ1n) is 6.15. The van der Waals surface area contributed by atoms with Crippen LogP contribution in [0.3, 0.4) is 0 Å². The Labute approximate surface area is 112 Å². The quantitative estimate of drug-likeness (QED) is 0.915. The van der Waals surface area contributed by atoms with Gasteiger partial charge >= 0.3 is 0 Å². The van der Waals surface area contributed by atoms with Crippen molar-refractivity contribution in [2.24, 2.45) is 0 Å². The van der Waals surface area contributed by atoms with Gasteiger partial charge < -0.3 is 10.1 Å². The monoisotopic (exact) mass is 260 g/mol. The first-order valence-corrected chi connectivity index (χ1v) is 6.15. The fraction of sp³-hybridized carbons (Fsp3) is 0.267. The maximum absolute atomic E-state index is 14.1. The molecule has 0 aliphatic heterocycles. The first-order chi connectivity index (χ1) is 9.11. The van der Waals surface area contributed by atoms with Gasteiger partial charge in [-0.1, -0.05) is 12.1 Å². The molecule has 1 aromatic heterocycles. The Hall–Kier alpha value is -1.94. The van der Waals surface area contributed by atoms with Crippen LogP contribution in [0.4, 0.5) is 4.39 Å². The van der Waals surface area contributed by atoms with E-state index in [0.29, 0.717) is 17.9 Å². The minimum absolute atomic E-state index is 0.0152. The van der Waals surface area contributed by atoms with E-state index in [1.807, 2.05) is 32.0 Å². The standard InChI is InChI=1S/C15H17FN2O/c1-10-4-5-11(2)13(8-10)19-15-14(16)12(9-17-3)6-7-18-15/h4-8,17H,9H2,1-3H3. The normalized spacial score (nSPS) is 10.5. The largest absolute Gasteiger partial charge is 0.436 e. The maximum Gasteiger partial charge on any atom is 0.256 e. The molecule has 2 rings (SSSR count). The van der Waals surface area contributed by atoms with E-state index in [0.717, 1.165) is 11.1 Å². The van der Waals surface area contributed by atoms with Crippen LogP contribution in [-0.2, 0) is 6.54 Å². The zero-order chi connectivity index (χ0) is 13.8. The second-order valence-corrected chi connectivity index (χ2v) is 4.49. The summed E-state index contributed by atoms with van der Waals surface area (Å²) in [6, 6.07) is 7.45. The van der Waals surface area contributed by atoms with Gasteiger partial charge in [-0.2, -0.15) is 0 Å². The molecule has 0 spiro atoms. The van der Waals surface area contributed by atoms with Crippen LogP contribution in [0.5, 0.6) is 11.6 Å². The molecule has 1 heterocycles. The molecule has 0 unspecified atom stereocenters. The van der Waals surface area contributed by atoms with Crippen LogP contribution in [0.25, 0.3) is 0 Å². The summed E-state index contributed by atoms with van der Waals surface area (Å²) in [6.07, 6.45) is 1.55. The molecular formula is C15H17FN2O. The van der Waals surface area contributed by atoms with Crippen LogP contribution in [0.15, 0.2) is 30.5 Å². The smallest absolute Gasteiger partial charge is 0.256 e. The number of halogens is 1. The first kappa shape index (κ1) is 13.5. The number of aryl methyl sites for hydroxylation is 2. The zero-order valence-corrected chi connectivity index (χ0v) is 11.3. The molecule has 0 saturated carbocycles. The number of nitrogens with one attached hydrogen (secondary N) is 1. The van der Waals surface area contributed by atoms with Gasteiger partial charge in [0.25, 0.3) is 5.88 Å². The molecule has 0 radical (unpaired) electrons. The molecule has 0 aliphatic carbocycles. The lowest BCUT2D eigenvalue weighted by Crippen LogP contribution is -2.08. The van der Waals surface area contributed by atoms with Crippen molar-refractivity contribution in [1.82, 2.24) is 10.3 Å². The number of aromatic nitrogens is 1. The summed E-state index contributed by atoms with van der Waals surface area (Å²) in [6.45, 7) is 4.33. The van der Waals surface area contributed by atoms with E-state index in [4.69, 9.17) is 4.74 Å². The van der Waals surface area contributed by atoms with Crippen LogP contribution in [0.2, 0.25) is 0 Å². The van der Waals surface area contributed by atoms with E-state index >= 15 is 0 Å². The van der Waals surface area contributed by atoms with Gasteiger partial charge in [0.15, 0.2) is 5.82 Å². The molecule has 2 aromatic rings. The van der Waals surface area contributed by atoms with E-state index in [9.17, 15) is 4.39 Å². The summed E-state index contributed by atoms with van der Waals surface area (Å²) in [5, 5.41) is 2.91. The van der Waals surface area contributed by atoms with Gasteiger partial charge in [0.2, 0.25) is 0 Å². The number of pyridine rings is 1. The lowest BCUT2D eigenvalue weighted by atomic mass is 10.1. The lowest BCUT2D eigenvalue weighted by molar-refractivity contribution is 0.415. The SMILES string of the molecule is CNCc1ccnc(Oc2cc(C)ccc2C)c1F. The summed E-state index contributed by atoms with van der Waals surface area (Å²) in [5.74, 6) is 0.229. The Kier molecular flexibility index (Phi) is 4.12. The van der Waals surface area contributed by atoms with E-state index in [1.165, 1.54) is 0 Å². The number of hydrogen-bond acceptors (Lipinski definition) is 3. The zero-order valence-electron chi connectivity index (χ0n) is 11.3. The highest BCUT2D eigenvalue weighted by atomic mass is 19.1. The summed E-state index contributed by atoms with van der Waals surface area (Å²) >= 11 is 0. The molecule has 0 fully saturated rings. The molecule has 19 heavy (non-hydrogen) atoms. The molecule has 4 heteroatoms. The van der Waals surface area contributed by atoms with Crippen molar-refractivity contribution < 1.29 is 9.13 Å². The summed E-state index contributed by atoms with van der Waals surface area (Å²) in [4.78, 5) is 3.96. The molecule has 3 nitrogen and oxygen atoms in total. The predicted molar refractivity (Wildman–Crippen MR) is 72.9 cm³/mol. The average molecular weight is 260 g/mol. The molecule has 0 aliphatic rings. The second kappa shape index (κ2) is 5.80. The Morgan fingerprint density at radius 2 is 2.05 bits per heavy atom. The highest BCUT2D eigenvalue weighted by molar-refractivity contribution is 5.39. The van der Waals surface area contributed by atoms with Crippen LogP contribution in [-0.4, -0.2) is 12.0 Å². The Morgan fingerprint density at radius 3 is 2.79 bits per heavy atom. The van der Waals surface area contributed by atoms with Crippen LogP contribution < -0.4 is 10.1 Å². The topological polar surface area (TPSA) is 34.2 Å². The highest BCUT2D eigenvalue weighted by Gasteiger charge is 2.12. The summed E-state index contributed by atoms with van der Waals surface area (Å²) in [5.41, 5.74) is 2.55. The van der Waals surface area contributed by atoms with Crippen molar-refractivity contribution in [1.29, 1.82) is 0 Å². The summed E-state index contributed by atoms with van der Waals surface area (Å²) in [7, 11) is 1.77. The third kappa shape index (κ3) is 3.09. The van der Waals surface area contributed by atoms with Crippen molar-refractivity contribution >= 4 is 0 Å². The lowest BCUT2D eigenvalue weighted by Gasteiger charge is -2.11. The highest BCUT2D eigenvalue weighted by Crippen LogP contribution is 2.27. The number of rotatable bonds is 4. The number of nitrogens with zero attached hydrogens (tertiary/aromatic N) is 1. The van der Waals surface area contributed by atoms with Gasteiger partial charge in [-0.05, 0) is 44.2 Å². The fourth-order valence-corrected chi connectivity index (χ4v) is 1.78. The van der Waals surface area contributed by atoms with Crippen molar-refractivity contribution in [3.63, 3.8) is 0 Å². The average Bonchev–Trinajstić information content (AvgIpc) is 2.39. The Balaban J connectivity index is 2.33. The molecule has 0 atom stereocenters. The third-order valence-electron chi connectivity index (χ3n) is 2.85. The minimum Gasteiger partial charge on any atom is -0.436 e. The van der Waals surface area contributed by atoms with Gasteiger partial charge in [0, 0.05) is 18.3 Å². The van der Waals surface area contributed by atoms with Crippen LogP contribution in [0.1, 0.15) is 16.7 Å². The van der Waals surface area contributed by atoms with Crippen LogP contribution in [0, 0.1) is 19.7 Å². The van der Waals surface area contributed by atoms with Gasteiger partial charge in [-0.3, -0.25) is 0 Å². The number of hydrogen-bond donors (Lipinski definition) is 1. The van der Waals surface area contributed by atoms with Crippen LogP contribution >= 0.6 is 0 Å². The van der Waals surface area contributed by atoms with Gasteiger partial charge in [-0.25, -0.2) is 9.37 Å².